The second kappa shape index (κ2) is 4.14. The molecule has 0 spiro atoms. The van der Waals surface area contributed by atoms with Crippen molar-refractivity contribution < 1.29 is 5.11 Å². The van der Waals surface area contributed by atoms with Crippen LogP contribution in [0.5, 0.6) is 0 Å². The highest BCUT2D eigenvalue weighted by Gasteiger charge is 2.32. The molecule has 0 amide bonds. The molecule has 0 radical (unpaired) electrons. The van der Waals surface area contributed by atoms with Gasteiger partial charge in [0.1, 0.15) is 0 Å². The summed E-state index contributed by atoms with van der Waals surface area (Å²) in [6.07, 6.45) is 16.7. The summed E-state index contributed by atoms with van der Waals surface area (Å²) >= 11 is 0. The van der Waals surface area contributed by atoms with Gasteiger partial charge in [0.2, 0.25) is 0 Å². The fraction of sp³-hybridized carbons (Fsp3) is 0.538. The van der Waals surface area contributed by atoms with Crippen LogP contribution in [0.4, 0.5) is 0 Å². The van der Waals surface area contributed by atoms with Gasteiger partial charge in [-0.05, 0) is 24.8 Å². The molecular weight excluding hydrogens is 172 g/mol. The lowest BCUT2D eigenvalue weighted by atomic mass is 9.78. The molecule has 1 N–H and O–H groups in total. The fourth-order valence-electron chi connectivity index (χ4n) is 2.38. The minimum absolute atomic E-state index is 0.503. The van der Waals surface area contributed by atoms with Gasteiger partial charge >= 0.3 is 0 Å². The van der Waals surface area contributed by atoms with Crippen LogP contribution in [0.15, 0.2) is 36.0 Å². The summed E-state index contributed by atoms with van der Waals surface area (Å²) in [5, 5.41) is 10.5. The Hall–Kier alpha value is -0.820. The number of hydrogen-bond acceptors (Lipinski definition) is 1. The number of allylic oxidation sites excluding steroid dienone is 5. The summed E-state index contributed by atoms with van der Waals surface area (Å²) < 4.78 is 0. The van der Waals surface area contributed by atoms with Crippen molar-refractivity contribution in [1.29, 1.82) is 0 Å². The van der Waals surface area contributed by atoms with Crippen LogP contribution in [0.2, 0.25) is 0 Å². The molecule has 14 heavy (non-hydrogen) atoms. The Labute approximate surface area is 85.8 Å². The molecule has 0 aliphatic heterocycles. The lowest BCUT2D eigenvalue weighted by Gasteiger charge is -2.34. The standard InChI is InChI=1S/C13H18O/c14-13(10-6-3-7-11-13)12-8-4-1-2-5-9-12/h1-2,4-5,8,14H,3,6-7,9-11H2. The second-order valence-corrected chi connectivity index (χ2v) is 4.30. The Morgan fingerprint density at radius 2 is 1.79 bits per heavy atom. The van der Waals surface area contributed by atoms with Crippen molar-refractivity contribution in [3.63, 3.8) is 0 Å². The smallest absolute Gasteiger partial charge is 0.0862 e. The third-order valence-electron chi connectivity index (χ3n) is 3.27. The van der Waals surface area contributed by atoms with E-state index >= 15 is 0 Å². The maximum Gasteiger partial charge on any atom is 0.0862 e. The van der Waals surface area contributed by atoms with E-state index in [1.54, 1.807) is 0 Å². The average molecular weight is 190 g/mol. The normalized spacial score (nSPS) is 25.6. The molecule has 0 bridgehead atoms. The molecule has 1 heteroatoms. The lowest BCUT2D eigenvalue weighted by Crippen LogP contribution is -2.33. The third-order valence-corrected chi connectivity index (χ3v) is 3.27. The first-order valence-corrected chi connectivity index (χ1v) is 5.56. The highest BCUT2D eigenvalue weighted by atomic mass is 16.3. The van der Waals surface area contributed by atoms with E-state index in [2.05, 4.69) is 18.2 Å². The Morgan fingerprint density at radius 1 is 1.00 bits per heavy atom. The van der Waals surface area contributed by atoms with Gasteiger partial charge in [-0.15, -0.1) is 0 Å². The highest BCUT2D eigenvalue weighted by Crippen LogP contribution is 2.36. The summed E-state index contributed by atoms with van der Waals surface area (Å²) in [6.45, 7) is 0. The fourth-order valence-corrected chi connectivity index (χ4v) is 2.38. The molecule has 2 rings (SSSR count). The van der Waals surface area contributed by atoms with Gasteiger partial charge in [-0.2, -0.15) is 0 Å². The molecule has 1 fully saturated rings. The molecule has 0 aromatic heterocycles. The largest absolute Gasteiger partial charge is 0.385 e. The van der Waals surface area contributed by atoms with Crippen molar-refractivity contribution in [2.45, 2.75) is 44.1 Å². The molecule has 0 atom stereocenters. The molecular formula is C13H18O. The lowest BCUT2D eigenvalue weighted by molar-refractivity contribution is 0.0378. The van der Waals surface area contributed by atoms with Gasteiger partial charge < -0.3 is 5.11 Å². The van der Waals surface area contributed by atoms with Crippen LogP contribution in [0.1, 0.15) is 38.5 Å². The quantitative estimate of drug-likeness (QED) is 0.673. The summed E-state index contributed by atoms with van der Waals surface area (Å²) in [7, 11) is 0. The Balaban J connectivity index is 2.15. The van der Waals surface area contributed by atoms with Crippen molar-refractivity contribution in [2.75, 3.05) is 0 Å². The number of aliphatic hydroxyl groups is 1. The first kappa shape index (κ1) is 9.72. The van der Waals surface area contributed by atoms with E-state index in [0.717, 1.165) is 19.3 Å². The Morgan fingerprint density at radius 3 is 2.57 bits per heavy atom. The van der Waals surface area contributed by atoms with Gasteiger partial charge in [0, 0.05) is 0 Å². The van der Waals surface area contributed by atoms with Crippen LogP contribution in [0.3, 0.4) is 0 Å². The topological polar surface area (TPSA) is 20.2 Å². The molecule has 76 valence electrons. The van der Waals surface area contributed by atoms with Crippen molar-refractivity contribution in [3.05, 3.63) is 36.0 Å². The Bertz CT molecular complexity index is 278. The van der Waals surface area contributed by atoms with Crippen LogP contribution >= 0.6 is 0 Å². The zero-order chi connectivity index (χ0) is 9.86. The summed E-state index contributed by atoms with van der Waals surface area (Å²) in [4.78, 5) is 0. The first-order chi connectivity index (χ1) is 6.81. The second-order valence-electron chi connectivity index (χ2n) is 4.30. The average Bonchev–Trinajstić information content (AvgIpc) is 2.47. The minimum atomic E-state index is -0.503. The molecule has 2 aliphatic rings. The van der Waals surface area contributed by atoms with E-state index in [0.29, 0.717) is 0 Å². The van der Waals surface area contributed by atoms with Gasteiger partial charge in [-0.1, -0.05) is 49.6 Å². The van der Waals surface area contributed by atoms with Crippen molar-refractivity contribution in [2.24, 2.45) is 0 Å². The van der Waals surface area contributed by atoms with Crippen LogP contribution in [-0.4, -0.2) is 10.7 Å². The number of rotatable bonds is 1. The monoisotopic (exact) mass is 190 g/mol. The van der Waals surface area contributed by atoms with Crippen LogP contribution < -0.4 is 0 Å². The molecule has 2 aliphatic carbocycles. The Kier molecular flexibility index (Phi) is 2.87. The molecule has 0 aromatic rings. The van der Waals surface area contributed by atoms with Gasteiger partial charge in [0.25, 0.3) is 0 Å². The van der Waals surface area contributed by atoms with E-state index in [9.17, 15) is 5.11 Å². The number of hydrogen-bond donors (Lipinski definition) is 1. The molecule has 0 saturated heterocycles. The van der Waals surface area contributed by atoms with Gasteiger partial charge in [0.05, 0.1) is 5.60 Å². The SMILES string of the molecule is OC1(C2=CC=CC=CC2)CCCCC1. The molecule has 0 aromatic carbocycles. The molecule has 1 saturated carbocycles. The van der Waals surface area contributed by atoms with Gasteiger partial charge in [-0.3, -0.25) is 0 Å². The van der Waals surface area contributed by atoms with Crippen molar-refractivity contribution in [1.82, 2.24) is 0 Å². The van der Waals surface area contributed by atoms with Crippen LogP contribution in [0.25, 0.3) is 0 Å². The summed E-state index contributed by atoms with van der Waals surface area (Å²) in [5.41, 5.74) is 0.694. The van der Waals surface area contributed by atoms with Crippen molar-refractivity contribution in [3.8, 4) is 0 Å². The van der Waals surface area contributed by atoms with E-state index in [4.69, 9.17) is 0 Å². The van der Waals surface area contributed by atoms with Crippen LogP contribution in [0, 0.1) is 0 Å². The van der Waals surface area contributed by atoms with E-state index in [-0.39, 0.29) is 0 Å². The van der Waals surface area contributed by atoms with E-state index < -0.39 is 5.60 Å². The molecule has 0 heterocycles. The van der Waals surface area contributed by atoms with Crippen LogP contribution in [-0.2, 0) is 0 Å². The maximum atomic E-state index is 10.5. The minimum Gasteiger partial charge on any atom is -0.385 e. The van der Waals surface area contributed by atoms with Gasteiger partial charge in [-0.25, -0.2) is 0 Å². The predicted molar refractivity (Wildman–Crippen MR) is 59.0 cm³/mol. The third kappa shape index (κ3) is 1.98. The van der Waals surface area contributed by atoms with E-state index in [1.165, 1.54) is 24.8 Å². The molecule has 0 unspecified atom stereocenters. The predicted octanol–water partition coefficient (Wildman–Crippen LogP) is 3.12. The summed E-state index contributed by atoms with van der Waals surface area (Å²) in [6, 6.07) is 0. The van der Waals surface area contributed by atoms with Crippen molar-refractivity contribution >= 4 is 0 Å². The summed E-state index contributed by atoms with van der Waals surface area (Å²) in [5.74, 6) is 0. The zero-order valence-corrected chi connectivity index (χ0v) is 8.58. The molecule has 1 nitrogen and oxygen atoms in total. The van der Waals surface area contributed by atoms with E-state index in [1.807, 2.05) is 12.2 Å². The first-order valence-electron chi connectivity index (χ1n) is 5.56. The maximum absolute atomic E-state index is 10.5. The zero-order valence-electron chi connectivity index (χ0n) is 8.58. The highest BCUT2D eigenvalue weighted by molar-refractivity contribution is 5.29. The van der Waals surface area contributed by atoms with Gasteiger partial charge in [0.15, 0.2) is 0 Å².